The van der Waals surface area contributed by atoms with Gasteiger partial charge >= 0.3 is 0 Å². The minimum absolute atomic E-state index is 0.380. The van der Waals surface area contributed by atoms with Gasteiger partial charge in [0, 0.05) is 18.1 Å². The Morgan fingerprint density at radius 1 is 1.41 bits per heavy atom. The predicted octanol–water partition coefficient (Wildman–Crippen LogP) is 3.76. The zero-order valence-electron chi connectivity index (χ0n) is 10.5. The summed E-state index contributed by atoms with van der Waals surface area (Å²) in [6.07, 6.45) is 2.58. The van der Waals surface area contributed by atoms with Crippen molar-refractivity contribution in [1.82, 2.24) is 0 Å². The normalized spacial score (nSPS) is 25.8. The molecule has 2 nitrogen and oxygen atoms in total. The van der Waals surface area contributed by atoms with Crippen LogP contribution in [0.5, 0.6) is 0 Å². The molecule has 1 aromatic rings. The van der Waals surface area contributed by atoms with Crippen LogP contribution in [0.2, 0.25) is 5.02 Å². The van der Waals surface area contributed by atoms with Gasteiger partial charge in [0.25, 0.3) is 0 Å². The van der Waals surface area contributed by atoms with E-state index in [9.17, 15) is 0 Å². The quantitative estimate of drug-likeness (QED) is 0.754. The van der Waals surface area contributed by atoms with Gasteiger partial charge in [0.2, 0.25) is 0 Å². The maximum Gasteiger partial charge on any atom is 0.0620 e. The Balaban J connectivity index is 2.03. The first-order chi connectivity index (χ1) is 8.08. The summed E-state index contributed by atoms with van der Waals surface area (Å²) in [6, 6.07) is 6.73. The number of piperidine rings is 1. The zero-order valence-corrected chi connectivity index (χ0v) is 11.2. The molecule has 0 spiro atoms. The highest BCUT2D eigenvalue weighted by Gasteiger charge is 2.40. The first kappa shape index (κ1) is 11.2. The van der Waals surface area contributed by atoms with Crippen molar-refractivity contribution in [2.75, 3.05) is 23.3 Å². The van der Waals surface area contributed by atoms with Crippen molar-refractivity contribution in [1.29, 1.82) is 0 Å². The van der Waals surface area contributed by atoms with E-state index in [-0.39, 0.29) is 0 Å². The van der Waals surface area contributed by atoms with Crippen molar-refractivity contribution in [3.05, 3.63) is 23.2 Å². The van der Waals surface area contributed by atoms with E-state index >= 15 is 0 Å². The molecule has 2 aliphatic heterocycles. The Labute approximate surface area is 108 Å². The molecule has 0 aliphatic carbocycles. The maximum atomic E-state index is 6.12. The molecule has 2 aliphatic rings. The Kier molecular flexibility index (Phi) is 2.51. The molecule has 3 rings (SSSR count). The highest BCUT2D eigenvalue weighted by atomic mass is 35.5. The van der Waals surface area contributed by atoms with E-state index in [1.165, 1.54) is 24.2 Å². The van der Waals surface area contributed by atoms with E-state index in [1.807, 2.05) is 6.07 Å². The van der Waals surface area contributed by atoms with Crippen molar-refractivity contribution in [2.45, 2.75) is 32.7 Å². The third-order valence-electron chi connectivity index (χ3n) is 4.25. The van der Waals surface area contributed by atoms with Crippen LogP contribution in [0.1, 0.15) is 26.7 Å². The minimum atomic E-state index is 0.380. The molecular weight excluding hydrogens is 232 g/mol. The molecule has 1 saturated heterocycles. The van der Waals surface area contributed by atoms with Crippen LogP contribution in [-0.4, -0.2) is 19.1 Å². The topological polar surface area (TPSA) is 15.3 Å². The van der Waals surface area contributed by atoms with Crippen molar-refractivity contribution in [3.63, 3.8) is 0 Å². The molecule has 3 heteroatoms. The Morgan fingerprint density at radius 2 is 2.24 bits per heavy atom. The summed E-state index contributed by atoms with van der Waals surface area (Å²) in [6.45, 7) is 6.95. The monoisotopic (exact) mass is 250 g/mol. The molecule has 1 atom stereocenters. The Morgan fingerprint density at radius 3 is 3.06 bits per heavy atom. The number of halogens is 1. The van der Waals surface area contributed by atoms with E-state index in [1.54, 1.807) is 0 Å². The lowest BCUT2D eigenvalue weighted by molar-refractivity contribution is 0.217. The molecule has 0 bridgehead atoms. The first-order valence-electron chi connectivity index (χ1n) is 6.38. The highest BCUT2D eigenvalue weighted by Crippen LogP contribution is 2.43. The SMILES string of the molecule is CC1(C)CCCN2c3cc(Cl)ccc3NCC21. The summed E-state index contributed by atoms with van der Waals surface area (Å²) in [5.74, 6) is 0. The lowest BCUT2D eigenvalue weighted by Crippen LogP contribution is -2.55. The van der Waals surface area contributed by atoms with Gasteiger partial charge < -0.3 is 10.2 Å². The van der Waals surface area contributed by atoms with E-state index < -0.39 is 0 Å². The number of fused-ring (bicyclic) bond motifs is 3. The molecule has 0 amide bonds. The van der Waals surface area contributed by atoms with Crippen molar-refractivity contribution in [3.8, 4) is 0 Å². The van der Waals surface area contributed by atoms with Crippen LogP contribution in [0.25, 0.3) is 0 Å². The standard InChI is InChI=1S/C14H19ClN2/c1-14(2)6-3-7-17-12-8-10(15)4-5-11(12)16-9-13(14)17/h4-5,8,13,16H,3,6-7,9H2,1-2H3. The third-order valence-corrected chi connectivity index (χ3v) is 4.49. The summed E-state index contributed by atoms with van der Waals surface area (Å²) in [4.78, 5) is 2.54. The highest BCUT2D eigenvalue weighted by molar-refractivity contribution is 6.31. The fraction of sp³-hybridized carbons (Fsp3) is 0.571. The molecule has 1 unspecified atom stereocenters. The Hall–Kier alpha value is -0.890. The van der Waals surface area contributed by atoms with Gasteiger partial charge in [0.1, 0.15) is 0 Å². The van der Waals surface area contributed by atoms with Crippen molar-refractivity contribution >= 4 is 23.0 Å². The zero-order chi connectivity index (χ0) is 12.0. The van der Waals surface area contributed by atoms with Gasteiger partial charge in [-0.2, -0.15) is 0 Å². The molecule has 0 radical (unpaired) electrons. The predicted molar refractivity (Wildman–Crippen MR) is 74.1 cm³/mol. The molecule has 17 heavy (non-hydrogen) atoms. The molecule has 2 heterocycles. The van der Waals surface area contributed by atoms with E-state index in [0.29, 0.717) is 11.5 Å². The van der Waals surface area contributed by atoms with Crippen molar-refractivity contribution < 1.29 is 0 Å². The van der Waals surface area contributed by atoms with Gasteiger partial charge in [-0.25, -0.2) is 0 Å². The van der Waals surface area contributed by atoms with Crippen LogP contribution in [0.4, 0.5) is 11.4 Å². The second-order valence-electron chi connectivity index (χ2n) is 5.84. The van der Waals surface area contributed by atoms with Crippen LogP contribution in [0, 0.1) is 5.41 Å². The second-order valence-corrected chi connectivity index (χ2v) is 6.28. The Bertz CT molecular complexity index is 442. The smallest absolute Gasteiger partial charge is 0.0620 e. The average molecular weight is 251 g/mol. The van der Waals surface area contributed by atoms with Gasteiger partial charge in [0.15, 0.2) is 0 Å². The minimum Gasteiger partial charge on any atom is -0.381 e. The molecule has 1 N–H and O–H groups in total. The van der Waals surface area contributed by atoms with Gasteiger partial charge in [-0.1, -0.05) is 25.4 Å². The fourth-order valence-electron chi connectivity index (χ4n) is 3.22. The van der Waals surface area contributed by atoms with Crippen LogP contribution in [0.3, 0.4) is 0 Å². The summed E-state index contributed by atoms with van der Waals surface area (Å²) >= 11 is 6.12. The first-order valence-corrected chi connectivity index (χ1v) is 6.76. The van der Waals surface area contributed by atoms with Gasteiger partial charge in [-0.05, 0) is 36.5 Å². The number of benzene rings is 1. The molecule has 0 saturated carbocycles. The molecule has 1 aromatic carbocycles. The third kappa shape index (κ3) is 1.79. The average Bonchev–Trinajstić information content (AvgIpc) is 2.28. The molecule has 92 valence electrons. The maximum absolute atomic E-state index is 6.12. The lowest BCUT2D eigenvalue weighted by atomic mass is 9.75. The number of nitrogens with zero attached hydrogens (tertiary/aromatic N) is 1. The summed E-state index contributed by atoms with van der Waals surface area (Å²) < 4.78 is 0. The van der Waals surface area contributed by atoms with Crippen LogP contribution < -0.4 is 10.2 Å². The molecule has 1 fully saturated rings. The molecule has 0 aromatic heterocycles. The largest absolute Gasteiger partial charge is 0.381 e. The summed E-state index contributed by atoms with van der Waals surface area (Å²) in [7, 11) is 0. The molecular formula is C14H19ClN2. The van der Waals surface area contributed by atoms with Crippen LogP contribution in [-0.2, 0) is 0 Å². The number of rotatable bonds is 0. The van der Waals surface area contributed by atoms with Gasteiger partial charge in [-0.15, -0.1) is 0 Å². The van der Waals surface area contributed by atoms with E-state index in [0.717, 1.165) is 18.1 Å². The number of nitrogens with one attached hydrogen (secondary N) is 1. The van der Waals surface area contributed by atoms with Gasteiger partial charge in [0.05, 0.1) is 17.4 Å². The summed E-state index contributed by atoms with van der Waals surface area (Å²) in [5.41, 5.74) is 2.88. The van der Waals surface area contributed by atoms with Crippen LogP contribution >= 0.6 is 11.6 Å². The van der Waals surface area contributed by atoms with E-state index in [2.05, 4.69) is 36.2 Å². The second kappa shape index (κ2) is 3.81. The van der Waals surface area contributed by atoms with Gasteiger partial charge in [-0.3, -0.25) is 0 Å². The van der Waals surface area contributed by atoms with Crippen molar-refractivity contribution in [2.24, 2.45) is 5.41 Å². The van der Waals surface area contributed by atoms with Crippen LogP contribution in [0.15, 0.2) is 18.2 Å². The number of hydrogen-bond donors (Lipinski definition) is 1. The fourth-order valence-corrected chi connectivity index (χ4v) is 3.39. The summed E-state index contributed by atoms with van der Waals surface area (Å²) in [5, 5.41) is 4.37. The lowest BCUT2D eigenvalue weighted by Gasteiger charge is -2.51. The number of anilines is 2. The van der Waals surface area contributed by atoms with E-state index in [4.69, 9.17) is 11.6 Å². The number of hydrogen-bond acceptors (Lipinski definition) is 2.